The number of hydrogen-bond donors (Lipinski definition) is 3. The van der Waals surface area contributed by atoms with Crippen molar-refractivity contribution in [3.63, 3.8) is 0 Å². The number of fused-ring (bicyclic) bond motifs is 1. The van der Waals surface area contributed by atoms with Crippen LogP contribution in [-0.4, -0.2) is 46.2 Å². The van der Waals surface area contributed by atoms with Gasteiger partial charge >= 0.3 is 0 Å². The van der Waals surface area contributed by atoms with Crippen LogP contribution < -0.4 is 21.3 Å². The van der Waals surface area contributed by atoms with Crippen molar-refractivity contribution in [2.75, 3.05) is 24.3 Å². The quantitative estimate of drug-likeness (QED) is 0.644. The second-order valence-electron chi connectivity index (χ2n) is 8.39. The molecule has 0 saturated carbocycles. The molecule has 2 aliphatic heterocycles. The number of nitrogens with one attached hydrogen (secondary N) is 2. The van der Waals surface area contributed by atoms with Crippen LogP contribution in [0.2, 0.25) is 0 Å². The maximum atomic E-state index is 13.1. The van der Waals surface area contributed by atoms with Gasteiger partial charge in [-0.05, 0) is 44.4 Å². The summed E-state index contributed by atoms with van der Waals surface area (Å²) in [7, 11) is 0. The molecule has 2 aliphatic rings. The van der Waals surface area contributed by atoms with E-state index in [1.807, 2.05) is 19.9 Å². The number of primary amides is 1. The third-order valence-corrected chi connectivity index (χ3v) is 6.71. The summed E-state index contributed by atoms with van der Waals surface area (Å²) in [5.41, 5.74) is 5.93. The zero-order valence-electron chi connectivity index (χ0n) is 17.5. The van der Waals surface area contributed by atoms with Crippen LogP contribution in [0.4, 0.5) is 5.82 Å². The fraction of sp³-hybridized carbons (Fsp3) is 0.476. The maximum absolute atomic E-state index is 13.1. The second-order valence-corrected chi connectivity index (χ2v) is 9.49. The number of rotatable bonds is 5. The molecule has 31 heavy (non-hydrogen) atoms. The number of benzene rings is 1. The summed E-state index contributed by atoms with van der Waals surface area (Å²) in [5.74, 6) is 0.470. The van der Waals surface area contributed by atoms with E-state index >= 15 is 0 Å². The average Bonchev–Trinajstić information content (AvgIpc) is 2.91. The number of aromatic amines is 1. The number of nitrogens with two attached hydrogens (primary N) is 1. The van der Waals surface area contributed by atoms with Crippen LogP contribution >= 0.6 is 11.8 Å². The molecule has 4 rings (SSSR count). The van der Waals surface area contributed by atoms with Crippen molar-refractivity contribution in [1.29, 1.82) is 0 Å². The van der Waals surface area contributed by atoms with Gasteiger partial charge in [-0.15, -0.1) is 11.8 Å². The summed E-state index contributed by atoms with van der Waals surface area (Å²) < 4.78 is 13.0. The van der Waals surface area contributed by atoms with E-state index in [-0.39, 0.29) is 40.7 Å². The monoisotopic (exact) mass is 446 g/mol. The van der Waals surface area contributed by atoms with E-state index in [4.69, 9.17) is 15.2 Å². The third-order valence-electron chi connectivity index (χ3n) is 5.44. The summed E-state index contributed by atoms with van der Waals surface area (Å²) in [6, 6.07) is 7.17. The molecule has 3 heterocycles. The Bertz CT molecular complexity index is 1060. The van der Waals surface area contributed by atoms with Crippen LogP contribution in [0.5, 0.6) is 5.75 Å². The van der Waals surface area contributed by atoms with E-state index in [1.54, 1.807) is 22.9 Å². The average molecular weight is 447 g/mol. The molecule has 0 radical (unpaired) electrons. The summed E-state index contributed by atoms with van der Waals surface area (Å²) in [5, 5.41) is 5.51. The van der Waals surface area contributed by atoms with Crippen molar-refractivity contribution in [3.8, 4) is 5.75 Å². The minimum Gasteiger partial charge on any atom is -0.484 e. The Hall–Kier alpha value is -2.72. The number of carbonyl (C=O) groups is 2. The SMILES string of the molecule is CC1(C)C[C@H](n2[nH]c(=O)c3c2NC(=O)CS[C@H]3c2cccc(OCC(N)=O)c2)CCO1. The second kappa shape index (κ2) is 8.43. The van der Waals surface area contributed by atoms with E-state index in [0.717, 1.165) is 12.0 Å². The van der Waals surface area contributed by atoms with Gasteiger partial charge in [0.05, 0.1) is 28.2 Å². The van der Waals surface area contributed by atoms with Gasteiger partial charge in [-0.25, -0.2) is 0 Å². The van der Waals surface area contributed by atoms with Crippen LogP contribution in [0, 0.1) is 0 Å². The normalized spacial score (nSPS) is 22.8. The van der Waals surface area contributed by atoms with Gasteiger partial charge in [0.2, 0.25) is 5.91 Å². The van der Waals surface area contributed by atoms with Gasteiger partial charge < -0.3 is 20.5 Å². The lowest BCUT2D eigenvalue weighted by Crippen LogP contribution is -2.36. The highest BCUT2D eigenvalue weighted by Crippen LogP contribution is 2.42. The van der Waals surface area contributed by atoms with Crippen molar-refractivity contribution in [2.45, 2.75) is 43.6 Å². The minimum atomic E-state index is -0.570. The Morgan fingerprint density at radius 2 is 2.19 bits per heavy atom. The van der Waals surface area contributed by atoms with Crippen molar-refractivity contribution >= 4 is 29.4 Å². The summed E-state index contributed by atoms with van der Waals surface area (Å²) in [6.45, 7) is 4.39. The molecule has 0 unspecified atom stereocenters. The molecule has 2 atom stereocenters. The lowest BCUT2D eigenvalue weighted by molar-refractivity contribution is -0.120. The van der Waals surface area contributed by atoms with Crippen molar-refractivity contribution in [3.05, 3.63) is 45.7 Å². The molecule has 1 aromatic carbocycles. The van der Waals surface area contributed by atoms with Crippen molar-refractivity contribution < 1.29 is 19.1 Å². The Morgan fingerprint density at radius 3 is 2.94 bits per heavy atom. The molecule has 2 aromatic rings. The van der Waals surface area contributed by atoms with E-state index in [9.17, 15) is 14.4 Å². The molecule has 0 spiro atoms. The molecule has 1 fully saturated rings. The van der Waals surface area contributed by atoms with Crippen molar-refractivity contribution in [1.82, 2.24) is 9.78 Å². The lowest BCUT2D eigenvalue weighted by atomic mass is 9.94. The highest BCUT2D eigenvalue weighted by molar-refractivity contribution is 8.00. The largest absolute Gasteiger partial charge is 0.484 e. The number of thioether (sulfide) groups is 1. The van der Waals surface area contributed by atoms with Gasteiger partial charge in [0.15, 0.2) is 6.61 Å². The summed E-state index contributed by atoms with van der Waals surface area (Å²) in [6.07, 6.45) is 1.46. The zero-order valence-corrected chi connectivity index (χ0v) is 18.3. The van der Waals surface area contributed by atoms with Gasteiger partial charge in [0.25, 0.3) is 11.5 Å². The minimum absolute atomic E-state index is 0.00878. The first-order chi connectivity index (χ1) is 14.7. The van der Waals surface area contributed by atoms with E-state index < -0.39 is 5.91 Å². The molecule has 10 heteroatoms. The van der Waals surface area contributed by atoms with Crippen LogP contribution in [0.1, 0.15) is 49.1 Å². The van der Waals surface area contributed by atoms with Gasteiger partial charge in [-0.3, -0.25) is 24.2 Å². The van der Waals surface area contributed by atoms with Crippen LogP contribution in [-0.2, 0) is 14.3 Å². The molecular weight excluding hydrogens is 420 g/mol. The Labute approximate surface area is 183 Å². The molecular formula is C21H26N4O5S. The predicted octanol–water partition coefficient (Wildman–Crippen LogP) is 1.95. The van der Waals surface area contributed by atoms with E-state index in [0.29, 0.717) is 30.2 Å². The molecule has 1 saturated heterocycles. The number of carbonyl (C=O) groups excluding carboxylic acids is 2. The number of amides is 2. The van der Waals surface area contributed by atoms with Crippen LogP contribution in [0.25, 0.3) is 0 Å². The maximum Gasteiger partial charge on any atom is 0.270 e. The Morgan fingerprint density at radius 1 is 1.39 bits per heavy atom. The smallest absolute Gasteiger partial charge is 0.270 e. The first-order valence-electron chi connectivity index (χ1n) is 10.1. The number of H-pyrrole nitrogens is 1. The molecule has 1 aromatic heterocycles. The molecule has 166 valence electrons. The zero-order chi connectivity index (χ0) is 22.2. The van der Waals surface area contributed by atoms with Gasteiger partial charge in [-0.1, -0.05) is 12.1 Å². The van der Waals surface area contributed by atoms with Crippen LogP contribution in [0.3, 0.4) is 0 Å². The Balaban J connectivity index is 1.73. The molecule has 4 N–H and O–H groups in total. The molecule has 9 nitrogen and oxygen atoms in total. The summed E-state index contributed by atoms with van der Waals surface area (Å²) >= 11 is 1.38. The first kappa shape index (κ1) is 21.5. The molecule has 2 amide bonds. The predicted molar refractivity (Wildman–Crippen MR) is 117 cm³/mol. The number of nitrogens with zero attached hydrogens (tertiary/aromatic N) is 1. The lowest BCUT2D eigenvalue weighted by Gasteiger charge is -2.36. The highest BCUT2D eigenvalue weighted by atomic mass is 32.2. The summed E-state index contributed by atoms with van der Waals surface area (Å²) in [4.78, 5) is 36.6. The van der Waals surface area contributed by atoms with Crippen LogP contribution in [0.15, 0.2) is 29.1 Å². The number of ether oxygens (including phenoxy) is 2. The van der Waals surface area contributed by atoms with Gasteiger partial charge in [-0.2, -0.15) is 0 Å². The standard InChI is InChI=1S/C21H26N4O5S/c1-21(2)9-13(6-7-30-21)25-19-17(20(28)24-25)18(31-11-16(27)23-19)12-4-3-5-14(8-12)29-10-15(22)26/h3-5,8,13,18H,6-7,9-11H2,1-2H3,(H2,22,26)(H,23,27)(H,24,28)/t13-,18+/m1/s1. The molecule has 0 aliphatic carbocycles. The third kappa shape index (κ3) is 4.64. The fourth-order valence-electron chi connectivity index (χ4n) is 4.12. The van der Waals surface area contributed by atoms with E-state index in [2.05, 4.69) is 10.4 Å². The number of hydrogen-bond acceptors (Lipinski definition) is 6. The van der Waals surface area contributed by atoms with Gasteiger partial charge in [0.1, 0.15) is 11.6 Å². The number of anilines is 1. The molecule has 0 bridgehead atoms. The fourth-order valence-corrected chi connectivity index (χ4v) is 5.24. The van der Waals surface area contributed by atoms with Gasteiger partial charge in [0, 0.05) is 6.61 Å². The number of aromatic nitrogens is 2. The first-order valence-corrected chi connectivity index (χ1v) is 11.2. The van der Waals surface area contributed by atoms with Crippen molar-refractivity contribution in [2.24, 2.45) is 5.73 Å². The topological polar surface area (TPSA) is 128 Å². The Kier molecular flexibility index (Phi) is 5.85. The van der Waals surface area contributed by atoms with E-state index in [1.165, 1.54) is 11.8 Å². The highest BCUT2D eigenvalue weighted by Gasteiger charge is 2.36.